The van der Waals surface area contributed by atoms with Gasteiger partial charge in [0.25, 0.3) is 0 Å². The molecule has 8 aromatic rings. The van der Waals surface area contributed by atoms with Gasteiger partial charge >= 0.3 is 0 Å². The van der Waals surface area contributed by atoms with E-state index in [0.717, 1.165) is 23.0 Å². The van der Waals surface area contributed by atoms with Gasteiger partial charge in [-0.15, -0.1) is 0 Å². The predicted molar refractivity (Wildman–Crippen MR) is 216 cm³/mol. The van der Waals surface area contributed by atoms with Gasteiger partial charge in [0, 0.05) is 27.4 Å². The molecule has 3 heteroatoms. The van der Waals surface area contributed by atoms with Crippen molar-refractivity contribution < 1.29 is 4.42 Å². The molecule has 6 aliphatic rings. The molecule has 4 fully saturated rings. The van der Waals surface area contributed by atoms with Crippen LogP contribution < -0.4 is 10.6 Å². The van der Waals surface area contributed by atoms with Gasteiger partial charge < -0.3 is 9.73 Å². The van der Waals surface area contributed by atoms with Crippen LogP contribution in [0.25, 0.3) is 54.6 Å². The molecule has 4 bridgehead atoms. The lowest BCUT2D eigenvalue weighted by Crippen LogP contribution is -2.55. The first-order chi connectivity index (χ1) is 26.2. The molecule has 0 radical (unpaired) electrons. The molecule has 0 amide bonds. The number of rotatable bonds is 2. The molecule has 5 aliphatic carbocycles. The van der Waals surface area contributed by atoms with E-state index in [4.69, 9.17) is 4.42 Å². The highest BCUT2D eigenvalue weighted by Gasteiger charge is 2.62. The summed E-state index contributed by atoms with van der Waals surface area (Å²) in [6, 6.07) is 49.9. The van der Waals surface area contributed by atoms with E-state index >= 15 is 0 Å². The van der Waals surface area contributed by atoms with Gasteiger partial charge in [-0.3, -0.25) is 5.32 Å². The number of nitrogens with one attached hydrogen (secondary N) is 2. The van der Waals surface area contributed by atoms with Gasteiger partial charge in [0.05, 0.1) is 6.04 Å². The van der Waals surface area contributed by atoms with Gasteiger partial charge in [-0.05, 0) is 135 Å². The zero-order chi connectivity index (χ0) is 34.4. The number of benzene rings is 7. The summed E-state index contributed by atoms with van der Waals surface area (Å²) < 4.78 is 7.15. The van der Waals surface area contributed by atoms with Gasteiger partial charge in [0.1, 0.15) is 17.3 Å². The van der Waals surface area contributed by atoms with Crippen LogP contribution in [0.3, 0.4) is 0 Å². The molecule has 2 N–H and O–H groups in total. The molecule has 14 rings (SSSR count). The number of furan rings is 1. The summed E-state index contributed by atoms with van der Waals surface area (Å²) in [5.74, 6) is 3.05. The van der Waals surface area contributed by atoms with Crippen LogP contribution in [0.5, 0.6) is 0 Å². The molecule has 4 saturated carbocycles. The zero-order valence-corrected chi connectivity index (χ0v) is 29.6. The number of hydrogen-bond donors (Lipinski definition) is 2. The van der Waals surface area contributed by atoms with E-state index in [9.17, 15) is 0 Å². The fourth-order valence-corrected chi connectivity index (χ4v) is 12.8. The van der Waals surface area contributed by atoms with Crippen molar-refractivity contribution in [1.29, 1.82) is 0 Å². The minimum absolute atomic E-state index is 0.0105. The van der Waals surface area contributed by atoms with E-state index in [1.54, 1.807) is 11.1 Å². The van der Waals surface area contributed by atoms with Gasteiger partial charge in [0.2, 0.25) is 0 Å². The second-order valence-electron chi connectivity index (χ2n) is 16.9. The van der Waals surface area contributed by atoms with Gasteiger partial charge in [0.15, 0.2) is 0 Å². The first kappa shape index (κ1) is 29.1. The molecule has 0 saturated heterocycles. The van der Waals surface area contributed by atoms with Crippen molar-refractivity contribution in [3.63, 3.8) is 0 Å². The minimum Gasteiger partial charge on any atom is -0.456 e. The molecule has 1 spiro atoms. The predicted octanol–water partition coefficient (Wildman–Crippen LogP) is 12.4. The fourth-order valence-electron chi connectivity index (χ4n) is 12.8. The second kappa shape index (κ2) is 10.4. The average Bonchev–Trinajstić information content (AvgIpc) is 3.71. The lowest BCUT2D eigenvalue weighted by Gasteiger charge is -2.61. The average molecular weight is 685 g/mol. The third-order valence-electron chi connectivity index (χ3n) is 14.5. The Morgan fingerprint density at radius 2 is 1.28 bits per heavy atom. The normalized spacial score (nSPS) is 27.8. The molecule has 2 atom stereocenters. The van der Waals surface area contributed by atoms with Gasteiger partial charge in [-0.2, -0.15) is 0 Å². The first-order valence-electron chi connectivity index (χ1n) is 19.8. The monoisotopic (exact) mass is 684 g/mol. The summed E-state index contributed by atoms with van der Waals surface area (Å²) >= 11 is 0. The Hall–Kier alpha value is -5.38. The van der Waals surface area contributed by atoms with E-state index in [1.165, 1.54) is 97.9 Å². The molecule has 2 heterocycles. The Balaban J connectivity index is 1.18. The molecule has 256 valence electrons. The van der Waals surface area contributed by atoms with Crippen LogP contribution in [0.4, 0.5) is 5.69 Å². The Morgan fingerprint density at radius 3 is 2.09 bits per heavy atom. The molecule has 1 aromatic heterocycles. The van der Waals surface area contributed by atoms with Crippen LogP contribution in [0.1, 0.15) is 72.1 Å². The number of anilines is 1. The summed E-state index contributed by atoms with van der Waals surface area (Å²) in [5, 5.41) is 15.9. The molecular formula is C50H40N2O. The highest BCUT2D eigenvalue weighted by atomic mass is 16.3. The maximum atomic E-state index is 7.15. The van der Waals surface area contributed by atoms with E-state index in [2.05, 4.69) is 144 Å². The fraction of sp³-hybridized carbons (Fsp3) is 0.240. The third-order valence-corrected chi connectivity index (χ3v) is 14.5. The van der Waals surface area contributed by atoms with Crippen molar-refractivity contribution in [2.45, 2.75) is 49.7 Å². The van der Waals surface area contributed by atoms with Crippen LogP contribution in [-0.2, 0) is 5.41 Å². The summed E-state index contributed by atoms with van der Waals surface area (Å²) in [5.41, 5.74) is 13.2. The SMILES string of the molecule is c1ccc(C2Nc3ccc4ccccc4c3C(c3cc4oc5cc6ccccc6cc5c4c4c3-c3ccccc3C43C4CC5CC(C4)CC3C5)N2)cc1. The van der Waals surface area contributed by atoms with Crippen LogP contribution in [-0.4, -0.2) is 0 Å². The van der Waals surface area contributed by atoms with E-state index in [1.807, 2.05) is 0 Å². The van der Waals surface area contributed by atoms with E-state index < -0.39 is 0 Å². The standard InChI is InChI=1S/C50H40N2O/c1-2-11-31(12-3-1)49-51-41-19-18-30-10-6-7-15-36(30)45(41)48(52-49)39-27-43-46(38-25-32-13-4-5-14-33(32)26-42(38)53-43)47-44(39)37-16-8-9-17-40(37)50(47)34-21-28-20-29(23-34)24-35(50)22-28/h1-19,25-29,34-35,48-49,51-52H,20-24H2. The highest BCUT2D eigenvalue weighted by Crippen LogP contribution is 2.71. The Morgan fingerprint density at radius 1 is 0.585 bits per heavy atom. The number of fused-ring (bicyclic) bond motifs is 11. The van der Waals surface area contributed by atoms with Gasteiger partial charge in [-0.25, -0.2) is 0 Å². The van der Waals surface area contributed by atoms with Gasteiger partial charge in [-0.1, -0.05) is 109 Å². The number of hydrogen-bond acceptors (Lipinski definition) is 3. The van der Waals surface area contributed by atoms with E-state index in [-0.39, 0.29) is 17.6 Å². The van der Waals surface area contributed by atoms with Crippen LogP contribution in [0.2, 0.25) is 0 Å². The lowest BCUT2D eigenvalue weighted by atomic mass is 9.43. The van der Waals surface area contributed by atoms with Crippen LogP contribution in [0, 0.1) is 23.7 Å². The highest BCUT2D eigenvalue weighted by molar-refractivity contribution is 6.15. The summed E-state index contributed by atoms with van der Waals surface area (Å²) in [4.78, 5) is 0. The summed E-state index contributed by atoms with van der Waals surface area (Å²) in [6.45, 7) is 0. The van der Waals surface area contributed by atoms with Crippen molar-refractivity contribution in [3.05, 3.63) is 161 Å². The zero-order valence-electron chi connectivity index (χ0n) is 29.6. The largest absolute Gasteiger partial charge is 0.456 e. The maximum absolute atomic E-state index is 7.15. The van der Waals surface area contributed by atoms with E-state index in [0.29, 0.717) is 11.8 Å². The van der Waals surface area contributed by atoms with Crippen molar-refractivity contribution >= 4 is 49.2 Å². The topological polar surface area (TPSA) is 37.2 Å². The molecule has 1 aliphatic heterocycles. The van der Waals surface area contributed by atoms with Crippen molar-refractivity contribution in [2.24, 2.45) is 23.7 Å². The maximum Gasteiger partial charge on any atom is 0.136 e. The summed E-state index contributed by atoms with van der Waals surface area (Å²) in [7, 11) is 0. The lowest BCUT2D eigenvalue weighted by molar-refractivity contribution is -0.0393. The molecule has 53 heavy (non-hydrogen) atoms. The van der Waals surface area contributed by atoms with Crippen LogP contribution >= 0.6 is 0 Å². The Labute approximate surface area is 309 Å². The Bertz CT molecular complexity index is 2800. The molecule has 3 nitrogen and oxygen atoms in total. The minimum atomic E-state index is -0.0620. The van der Waals surface area contributed by atoms with Crippen molar-refractivity contribution in [3.8, 4) is 11.1 Å². The third kappa shape index (κ3) is 3.78. The Kier molecular flexibility index (Phi) is 5.71. The molecular weight excluding hydrogens is 645 g/mol. The smallest absolute Gasteiger partial charge is 0.136 e. The first-order valence-corrected chi connectivity index (χ1v) is 19.8. The molecule has 7 aromatic carbocycles. The van der Waals surface area contributed by atoms with Crippen molar-refractivity contribution in [1.82, 2.24) is 5.32 Å². The van der Waals surface area contributed by atoms with Crippen LogP contribution in [0.15, 0.2) is 138 Å². The molecule has 2 unspecified atom stereocenters. The van der Waals surface area contributed by atoms with Crippen molar-refractivity contribution in [2.75, 3.05) is 5.32 Å². The second-order valence-corrected chi connectivity index (χ2v) is 16.9. The quantitative estimate of drug-likeness (QED) is 0.190. The summed E-state index contributed by atoms with van der Waals surface area (Å²) in [6.07, 6.45) is 6.78.